The van der Waals surface area contributed by atoms with Gasteiger partial charge in [-0.25, -0.2) is 0 Å². The molecular weight excluding hydrogens is 300 g/mol. The van der Waals surface area contributed by atoms with Crippen molar-refractivity contribution in [3.63, 3.8) is 0 Å². The molecule has 0 unspecified atom stereocenters. The lowest BCUT2D eigenvalue weighted by Gasteiger charge is -2.06. The Morgan fingerprint density at radius 1 is 1.05 bits per heavy atom. The highest BCUT2D eigenvalue weighted by Gasteiger charge is 2.10. The minimum atomic E-state index is 0.882. The normalized spacial score (nSPS) is 10.8. The Morgan fingerprint density at radius 2 is 1.90 bits per heavy atom. The van der Waals surface area contributed by atoms with E-state index in [9.17, 15) is 0 Å². The lowest BCUT2D eigenvalue weighted by atomic mass is 10.2. The van der Waals surface area contributed by atoms with Gasteiger partial charge in [-0.3, -0.25) is 0 Å². The molecule has 21 heavy (non-hydrogen) atoms. The van der Waals surface area contributed by atoms with Crippen LogP contribution >= 0.6 is 23.1 Å². The number of hydrogen-bond donors (Lipinski definition) is 0. The van der Waals surface area contributed by atoms with Crippen molar-refractivity contribution in [1.29, 1.82) is 0 Å². The maximum atomic E-state index is 5.44. The molecule has 2 aromatic carbocycles. The van der Waals surface area contributed by atoms with Crippen molar-refractivity contribution in [2.45, 2.75) is 16.7 Å². The quantitative estimate of drug-likeness (QED) is 0.644. The molecule has 0 bridgehead atoms. The van der Waals surface area contributed by atoms with E-state index in [1.807, 2.05) is 12.1 Å². The second-order valence-corrected chi connectivity index (χ2v) is 6.73. The topological polar surface area (TPSA) is 18.5 Å². The Morgan fingerprint density at radius 3 is 2.67 bits per heavy atom. The second-order valence-electron chi connectivity index (χ2n) is 4.70. The third-order valence-electron chi connectivity index (χ3n) is 3.32. The first-order valence-corrected chi connectivity index (χ1v) is 8.28. The van der Waals surface area contributed by atoms with Gasteiger partial charge >= 0.3 is 0 Å². The van der Waals surface area contributed by atoms with Crippen LogP contribution in [0.25, 0.3) is 10.1 Å². The van der Waals surface area contributed by atoms with E-state index in [0.29, 0.717) is 0 Å². The molecule has 2 nitrogen and oxygen atoms in total. The molecule has 4 heteroatoms. The van der Waals surface area contributed by atoms with Crippen LogP contribution in [0.1, 0.15) is 5.56 Å². The van der Waals surface area contributed by atoms with Gasteiger partial charge in [0.25, 0.3) is 0 Å². The molecule has 0 saturated carbocycles. The van der Waals surface area contributed by atoms with Crippen molar-refractivity contribution in [1.82, 2.24) is 0 Å². The van der Waals surface area contributed by atoms with E-state index < -0.39 is 0 Å². The summed E-state index contributed by atoms with van der Waals surface area (Å²) in [5.74, 6) is 1.82. The highest BCUT2D eigenvalue weighted by Crippen LogP contribution is 2.40. The zero-order valence-corrected chi connectivity index (χ0v) is 13.8. The molecule has 108 valence electrons. The van der Waals surface area contributed by atoms with Crippen molar-refractivity contribution in [2.24, 2.45) is 0 Å². The minimum Gasteiger partial charge on any atom is -0.497 e. The first-order chi connectivity index (χ1) is 10.2. The average molecular weight is 316 g/mol. The average Bonchev–Trinajstić information content (AvgIpc) is 2.88. The van der Waals surface area contributed by atoms with Crippen LogP contribution in [0.4, 0.5) is 0 Å². The fourth-order valence-corrected chi connectivity index (χ4v) is 4.38. The largest absolute Gasteiger partial charge is 0.497 e. The van der Waals surface area contributed by atoms with Crippen molar-refractivity contribution >= 4 is 33.2 Å². The summed E-state index contributed by atoms with van der Waals surface area (Å²) in [6.45, 7) is 2.08. The predicted octanol–water partition coefficient (Wildman–Crippen LogP) is 5.38. The zero-order valence-electron chi connectivity index (χ0n) is 12.2. The molecule has 0 saturated heterocycles. The Labute approximate surface area is 132 Å². The van der Waals surface area contributed by atoms with Crippen LogP contribution in [0.15, 0.2) is 51.6 Å². The first kappa shape index (κ1) is 14.3. The van der Waals surface area contributed by atoms with E-state index in [4.69, 9.17) is 9.47 Å². The van der Waals surface area contributed by atoms with Crippen molar-refractivity contribution in [3.8, 4) is 11.5 Å². The number of hydrogen-bond acceptors (Lipinski definition) is 4. The molecule has 1 heterocycles. The summed E-state index contributed by atoms with van der Waals surface area (Å²) < 4.78 is 12.0. The molecule has 0 radical (unpaired) electrons. The van der Waals surface area contributed by atoms with E-state index in [1.54, 1.807) is 37.3 Å². The van der Waals surface area contributed by atoms with Crippen LogP contribution in [0.2, 0.25) is 0 Å². The van der Waals surface area contributed by atoms with E-state index in [1.165, 1.54) is 25.4 Å². The van der Waals surface area contributed by atoms with Crippen LogP contribution < -0.4 is 9.47 Å². The number of methoxy groups -OCH3 is 2. The van der Waals surface area contributed by atoms with Gasteiger partial charge in [0, 0.05) is 25.3 Å². The molecule has 0 N–H and O–H groups in total. The van der Waals surface area contributed by atoms with Crippen LogP contribution in [0, 0.1) is 6.92 Å². The number of fused-ring (bicyclic) bond motifs is 1. The Balaban J connectivity index is 2.00. The maximum absolute atomic E-state index is 5.44. The van der Waals surface area contributed by atoms with Gasteiger partial charge in [0.15, 0.2) is 0 Å². The summed E-state index contributed by atoms with van der Waals surface area (Å²) in [5, 5.41) is 3.45. The van der Waals surface area contributed by atoms with Gasteiger partial charge in [-0.15, -0.1) is 11.3 Å². The van der Waals surface area contributed by atoms with Crippen molar-refractivity contribution in [2.75, 3.05) is 14.2 Å². The molecule has 0 aliphatic heterocycles. The van der Waals surface area contributed by atoms with E-state index >= 15 is 0 Å². The van der Waals surface area contributed by atoms with Gasteiger partial charge in [-0.05, 0) is 42.8 Å². The molecule has 0 aliphatic rings. The number of aryl methyl sites for hydroxylation is 1. The second kappa shape index (κ2) is 6.00. The summed E-state index contributed by atoms with van der Waals surface area (Å²) in [6.07, 6.45) is 0. The van der Waals surface area contributed by atoms with Crippen molar-refractivity contribution in [3.05, 3.63) is 47.3 Å². The number of ether oxygens (including phenoxy) is 2. The molecule has 3 rings (SSSR count). The van der Waals surface area contributed by atoms with Gasteiger partial charge < -0.3 is 9.47 Å². The SMILES string of the molecule is COc1cccc(Sc2csc3cc(C)c(OC)cc23)c1. The van der Waals surface area contributed by atoms with Gasteiger partial charge in [-0.2, -0.15) is 0 Å². The highest BCUT2D eigenvalue weighted by atomic mass is 32.2. The Bertz CT molecular complexity index is 778. The molecule has 0 aliphatic carbocycles. The third kappa shape index (κ3) is 2.87. The van der Waals surface area contributed by atoms with Gasteiger partial charge in [-0.1, -0.05) is 17.8 Å². The Hall–Kier alpha value is -1.65. The fourth-order valence-electron chi connectivity index (χ4n) is 2.22. The van der Waals surface area contributed by atoms with Crippen LogP contribution in [-0.4, -0.2) is 14.2 Å². The van der Waals surface area contributed by atoms with E-state index in [-0.39, 0.29) is 0 Å². The summed E-state index contributed by atoms with van der Waals surface area (Å²) in [5.41, 5.74) is 1.17. The van der Waals surface area contributed by atoms with Crippen LogP contribution in [0.3, 0.4) is 0 Å². The van der Waals surface area contributed by atoms with Gasteiger partial charge in [0.1, 0.15) is 11.5 Å². The van der Waals surface area contributed by atoms with Crippen molar-refractivity contribution < 1.29 is 9.47 Å². The third-order valence-corrected chi connectivity index (χ3v) is 5.47. The molecular formula is C17H16O2S2. The smallest absolute Gasteiger partial charge is 0.122 e. The highest BCUT2D eigenvalue weighted by molar-refractivity contribution is 7.99. The number of rotatable bonds is 4. The van der Waals surface area contributed by atoms with Gasteiger partial charge in [0.2, 0.25) is 0 Å². The maximum Gasteiger partial charge on any atom is 0.122 e. The molecule has 0 amide bonds. The zero-order chi connectivity index (χ0) is 14.8. The predicted molar refractivity (Wildman–Crippen MR) is 90.2 cm³/mol. The van der Waals surface area contributed by atoms with Crippen LogP contribution in [0.5, 0.6) is 11.5 Å². The molecule has 0 atom stereocenters. The first-order valence-electron chi connectivity index (χ1n) is 6.59. The molecule has 3 aromatic rings. The fraction of sp³-hybridized carbons (Fsp3) is 0.176. The van der Waals surface area contributed by atoms with Gasteiger partial charge in [0.05, 0.1) is 14.2 Å². The van der Waals surface area contributed by atoms with E-state index in [2.05, 4.69) is 36.6 Å². The lowest BCUT2D eigenvalue weighted by Crippen LogP contribution is -1.86. The summed E-state index contributed by atoms with van der Waals surface area (Å²) in [4.78, 5) is 2.43. The number of benzene rings is 2. The van der Waals surface area contributed by atoms with E-state index in [0.717, 1.165) is 11.5 Å². The number of thiophene rings is 1. The monoisotopic (exact) mass is 316 g/mol. The lowest BCUT2D eigenvalue weighted by molar-refractivity contribution is 0.412. The summed E-state index contributed by atoms with van der Waals surface area (Å²) in [6, 6.07) is 12.4. The summed E-state index contributed by atoms with van der Waals surface area (Å²) >= 11 is 3.52. The summed E-state index contributed by atoms with van der Waals surface area (Å²) in [7, 11) is 3.41. The standard InChI is InChI=1S/C17H16O2S2/c1-11-7-16-14(9-15(11)19-3)17(10-20-16)21-13-6-4-5-12(8-13)18-2/h4-10H,1-3H3. The minimum absolute atomic E-state index is 0.882. The van der Waals surface area contributed by atoms with Crippen LogP contribution in [-0.2, 0) is 0 Å². The molecule has 1 aromatic heterocycles. The molecule has 0 fully saturated rings. The molecule has 0 spiro atoms. The Kier molecular flexibility index (Phi) is 4.08.